The van der Waals surface area contributed by atoms with Gasteiger partial charge in [0.15, 0.2) is 0 Å². The fourth-order valence-electron chi connectivity index (χ4n) is 3.35. The SMILES string of the molecule is O=[N+]([O-])c1cc2oc3c(c2c(C=Nc2ccccc2)c1O)CCCC3. The van der Waals surface area contributed by atoms with Crippen molar-refractivity contribution in [1.82, 2.24) is 0 Å². The molecule has 1 aliphatic carbocycles. The van der Waals surface area contributed by atoms with Crippen molar-refractivity contribution < 1.29 is 14.4 Å². The number of rotatable bonds is 3. The summed E-state index contributed by atoms with van der Waals surface area (Å²) in [4.78, 5) is 15.1. The highest BCUT2D eigenvalue weighted by Crippen LogP contribution is 2.41. The zero-order valence-electron chi connectivity index (χ0n) is 13.4. The summed E-state index contributed by atoms with van der Waals surface area (Å²) in [6.07, 6.45) is 5.22. The molecule has 0 unspecified atom stereocenters. The average molecular weight is 336 g/mol. The Morgan fingerprint density at radius 3 is 2.72 bits per heavy atom. The molecule has 4 rings (SSSR count). The molecule has 126 valence electrons. The predicted molar refractivity (Wildman–Crippen MR) is 94.9 cm³/mol. The van der Waals surface area contributed by atoms with Crippen LogP contribution >= 0.6 is 0 Å². The molecule has 25 heavy (non-hydrogen) atoms. The van der Waals surface area contributed by atoms with Crippen molar-refractivity contribution in [2.45, 2.75) is 25.7 Å². The third kappa shape index (κ3) is 2.65. The van der Waals surface area contributed by atoms with E-state index in [9.17, 15) is 15.2 Å². The van der Waals surface area contributed by atoms with Crippen LogP contribution in [0, 0.1) is 10.1 Å². The van der Waals surface area contributed by atoms with E-state index in [0.717, 1.165) is 42.4 Å². The van der Waals surface area contributed by atoms with Crippen molar-refractivity contribution in [2.75, 3.05) is 0 Å². The van der Waals surface area contributed by atoms with Gasteiger partial charge >= 0.3 is 5.69 Å². The lowest BCUT2D eigenvalue weighted by atomic mass is 9.93. The van der Waals surface area contributed by atoms with Gasteiger partial charge in [0.05, 0.1) is 22.2 Å². The molecule has 0 bridgehead atoms. The Kier molecular flexibility index (Phi) is 3.72. The number of aliphatic imine (C=N–C) groups is 1. The van der Waals surface area contributed by atoms with Crippen LogP contribution in [0.4, 0.5) is 11.4 Å². The van der Waals surface area contributed by atoms with E-state index in [-0.39, 0.29) is 11.4 Å². The van der Waals surface area contributed by atoms with Crippen molar-refractivity contribution >= 4 is 28.6 Å². The van der Waals surface area contributed by atoms with Gasteiger partial charge in [-0.2, -0.15) is 0 Å². The second kappa shape index (κ2) is 6.05. The van der Waals surface area contributed by atoms with Crippen LogP contribution in [0.3, 0.4) is 0 Å². The molecule has 1 heterocycles. The fourth-order valence-corrected chi connectivity index (χ4v) is 3.35. The number of aromatic hydroxyl groups is 1. The molecule has 0 atom stereocenters. The van der Waals surface area contributed by atoms with E-state index in [1.165, 1.54) is 12.3 Å². The van der Waals surface area contributed by atoms with Crippen LogP contribution in [-0.4, -0.2) is 16.2 Å². The molecule has 0 saturated heterocycles. The highest BCUT2D eigenvalue weighted by molar-refractivity contribution is 6.05. The molecule has 0 amide bonds. The topological polar surface area (TPSA) is 88.9 Å². The van der Waals surface area contributed by atoms with E-state index in [2.05, 4.69) is 4.99 Å². The minimum atomic E-state index is -0.601. The van der Waals surface area contributed by atoms with E-state index in [0.29, 0.717) is 16.8 Å². The van der Waals surface area contributed by atoms with Crippen LogP contribution < -0.4 is 0 Å². The van der Waals surface area contributed by atoms with Crippen LogP contribution in [0.1, 0.15) is 29.7 Å². The van der Waals surface area contributed by atoms with Crippen molar-refractivity contribution in [1.29, 1.82) is 0 Å². The monoisotopic (exact) mass is 336 g/mol. The molecule has 2 aromatic carbocycles. The van der Waals surface area contributed by atoms with Crippen molar-refractivity contribution in [3.63, 3.8) is 0 Å². The summed E-state index contributed by atoms with van der Waals surface area (Å²) < 4.78 is 5.85. The van der Waals surface area contributed by atoms with Crippen molar-refractivity contribution in [3.8, 4) is 5.75 Å². The Bertz CT molecular complexity index is 990. The average Bonchev–Trinajstić information content (AvgIpc) is 2.99. The first kappa shape index (κ1) is 15.4. The molecule has 0 fully saturated rings. The molecule has 1 N–H and O–H groups in total. The summed E-state index contributed by atoms with van der Waals surface area (Å²) in [6, 6.07) is 10.6. The number of aryl methyl sites for hydroxylation is 2. The number of para-hydroxylation sites is 1. The van der Waals surface area contributed by atoms with E-state index in [4.69, 9.17) is 4.42 Å². The maximum Gasteiger partial charge on any atom is 0.315 e. The van der Waals surface area contributed by atoms with E-state index < -0.39 is 4.92 Å². The molecule has 0 spiro atoms. The molecule has 0 saturated carbocycles. The minimum Gasteiger partial charge on any atom is -0.502 e. The molecule has 0 aliphatic heterocycles. The normalized spacial score (nSPS) is 14.1. The number of hydrogen-bond donors (Lipinski definition) is 1. The smallest absolute Gasteiger partial charge is 0.315 e. The van der Waals surface area contributed by atoms with Crippen LogP contribution in [0.5, 0.6) is 5.75 Å². The number of hydrogen-bond acceptors (Lipinski definition) is 5. The van der Waals surface area contributed by atoms with Crippen molar-refractivity contribution in [2.24, 2.45) is 4.99 Å². The number of phenols is 1. The molecule has 6 heteroatoms. The summed E-state index contributed by atoms with van der Waals surface area (Å²) in [5.74, 6) is 0.488. The maximum absolute atomic E-state index is 11.3. The van der Waals surface area contributed by atoms with E-state index >= 15 is 0 Å². The van der Waals surface area contributed by atoms with Gasteiger partial charge in [-0.15, -0.1) is 0 Å². The van der Waals surface area contributed by atoms with Crippen LogP contribution in [0.2, 0.25) is 0 Å². The van der Waals surface area contributed by atoms with Gasteiger partial charge < -0.3 is 9.52 Å². The summed E-state index contributed by atoms with van der Waals surface area (Å²) in [6.45, 7) is 0. The van der Waals surface area contributed by atoms with E-state index in [1.54, 1.807) is 0 Å². The van der Waals surface area contributed by atoms with Gasteiger partial charge in [0, 0.05) is 23.6 Å². The number of nitro benzene ring substituents is 1. The summed E-state index contributed by atoms with van der Waals surface area (Å²) in [5.41, 5.74) is 2.15. The number of benzene rings is 2. The Hall–Kier alpha value is -3.15. The number of nitro groups is 1. The highest BCUT2D eigenvalue weighted by atomic mass is 16.6. The Balaban J connectivity index is 1.96. The zero-order valence-corrected chi connectivity index (χ0v) is 13.4. The number of nitrogens with zero attached hydrogens (tertiary/aromatic N) is 2. The largest absolute Gasteiger partial charge is 0.502 e. The molecular weight excluding hydrogens is 320 g/mol. The third-order valence-electron chi connectivity index (χ3n) is 4.53. The molecule has 3 aromatic rings. The molecule has 1 aliphatic rings. The number of furan rings is 1. The predicted octanol–water partition coefficient (Wildman–Crippen LogP) is 4.68. The summed E-state index contributed by atoms with van der Waals surface area (Å²) in [7, 11) is 0. The Morgan fingerprint density at radius 1 is 1.20 bits per heavy atom. The van der Waals surface area contributed by atoms with Crippen LogP contribution in [-0.2, 0) is 12.8 Å². The lowest BCUT2D eigenvalue weighted by molar-refractivity contribution is -0.385. The first-order valence-corrected chi connectivity index (χ1v) is 8.19. The molecule has 0 radical (unpaired) electrons. The molecule has 1 aromatic heterocycles. The molecule has 6 nitrogen and oxygen atoms in total. The third-order valence-corrected chi connectivity index (χ3v) is 4.53. The van der Waals surface area contributed by atoms with Gasteiger partial charge in [0.2, 0.25) is 5.75 Å². The second-order valence-corrected chi connectivity index (χ2v) is 6.09. The fraction of sp³-hybridized carbons (Fsp3) is 0.211. The quantitative estimate of drug-likeness (QED) is 0.427. The highest BCUT2D eigenvalue weighted by Gasteiger charge is 2.27. The van der Waals surface area contributed by atoms with E-state index in [1.807, 2.05) is 30.3 Å². The number of fused-ring (bicyclic) bond motifs is 3. The number of phenolic OH excluding ortho intramolecular Hbond substituents is 1. The van der Waals surface area contributed by atoms with Crippen molar-refractivity contribution in [3.05, 3.63) is 63.4 Å². The van der Waals surface area contributed by atoms with Gasteiger partial charge in [-0.3, -0.25) is 15.1 Å². The van der Waals surface area contributed by atoms with Gasteiger partial charge in [-0.25, -0.2) is 0 Å². The van der Waals surface area contributed by atoms with Crippen LogP contribution in [0.15, 0.2) is 45.8 Å². The zero-order chi connectivity index (χ0) is 17.4. The summed E-state index contributed by atoms with van der Waals surface area (Å²) in [5, 5.41) is 22.5. The minimum absolute atomic E-state index is 0.347. The van der Waals surface area contributed by atoms with Gasteiger partial charge in [-0.05, 0) is 31.4 Å². The Labute approximate surface area is 143 Å². The maximum atomic E-state index is 11.3. The second-order valence-electron chi connectivity index (χ2n) is 6.09. The Morgan fingerprint density at radius 2 is 1.96 bits per heavy atom. The lowest BCUT2D eigenvalue weighted by Crippen LogP contribution is -2.00. The first-order chi connectivity index (χ1) is 12.1. The molecular formula is C19H16N2O4. The van der Waals surface area contributed by atoms with Gasteiger partial charge in [0.25, 0.3) is 0 Å². The first-order valence-electron chi connectivity index (χ1n) is 8.19. The van der Waals surface area contributed by atoms with Gasteiger partial charge in [-0.1, -0.05) is 18.2 Å². The standard InChI is InChI=1S/C19H16N2O4/c22-19-14(11-20-12-6-2-1-3-7-12)18-13-8-4-5-9-16(13)25-17(18)10-15(19)21(23)24/h1-3,6-7,10-11,22H,4-5,8-9H2. The van der Waals surface area contributed by atoms with Gasteiger partial charge in [0.1, 0.15) is 11.3 Å². The lowest BCUT2D eigenvalue weighted by Gasteiger charge is -2.10. The summed E-state index contributed by atoms with van der Waals surface area (Å²) >= 11 is 0. The van der Waals surface area contributed by atoms with Crippen LogP contribution in [0.25, 0.3) is 11.0 Å².